The topological polar surface area (TPSA) is 105 Å². The number of methoxy groups -OCH3 is 3. The van der Waals surface area contributed by atoms with E-state index in [4.69, 9.17) is 18.6 Å². The number of benzene rings is 1. The number of rotatable bonds is 5. The first-order valence-electron chi connectivity index (χ1n) is 9.14. The molecule has 1 N–H and O–H groups in total. The number of nitrogens with zero attached hydrogens (tertiary/aromatic N) is 2. The molecule has 30 heavy (non-hydrogen) atoms. The van der Waals surface area contributed by atoms with Crippen LogP contribution in [0.4, 0.5) is 0 Å². The summed E-state index contributed by atoms with van der Waals surface area (Å²) in [6.45, 7) is 0. The average Bonchev–Trinajstić information content (AvgIpc) is 3.42. The largest absolute Gasteiger partial charge is 0.493 e. The van der Waals surface area contributed by atoms with Gasteiger partial charge < -0.3 is 23.7 Å². The van der Waals surface area contributed by atoms with E-state index in [9.17, 15) is 15.2 Å². The zero-order valence-corrected chi connectivity index (χ0v) is 17.5. The first-order chi connectivity index (χ1) is 14.5. The summed E-state index contributed by atoms with van der Waals surface area (Å²) in [5, 5.41) is 21.6. The standard InChI is InChI=1S/C21H20N2O6S/c1-26-15-7-12(8-16(27-2)19(15)28-3)13-9-18(24)23-20(14(13)10-22)30-11-21(23,25)17-5-4-6-29-17/h4-8,13,25H,9,11H2,1-3H3/t13-,21+/m0/s1. The number of furan rings is 1. The molecule has 1 amide bonds. The number of hydrogen-bond donors (Lipinski definition) is 1. The van der Waals surface area contributed by atoms with Gasteiger partial charge in [0.2, 0.25) is 17.4 Å². The highest BCUT2D eigenvalue weighted by molar-refractivity contribution is 8.03. The van der Waals surface area contributed by atoms with Gasteiger partial charge in [-0.3, -0.25) is 9.69 Å². The molecule has 2 aromatic rings. The summed E-state index contributed by atoms with van der Waals surface area (Å²) in [6.07, 6.45) is 1.45. The number of amides is 1. The quantitative estimate of drug-likeness (QED) is 0.775. The number of carbonyl (C=O) groups is 1. The van der Waals surface area contributed by atoms with Crippen LogP contribution in [0.3, 0.4) is 0 Å². The summed E-state index contributed by atoms with van der Waals surface area (Å²) < 4.78 is 21.6. The van der Waals surface area contributed by atoms with Crippen molar-refractivity contribution in [1.29, 1.82) is 5.26 Å². The molecule has 1 aromatic heterocycles. The third kappa shape index (κ3) is 2.91. The number of fused-ring (bicyclic) bond motifs is 1. The van der Waals surface area contributed by atoms with Gasteiger partial charge in [-0.25, -0.2) is 0 Å². The lowest BCUT2D eigenvalue weighted by Crippen LogP contribution is -2.48. The van der Waals surface area contributed by atoms with Crippen molar-refractivity contribution in [2.75, 3.05) is 27.1 Å². The van der Waals surface area contributed by atoms with Gasteiger partial charge in [0, 0.05) is 12.3 Å². The van der Waals surface area contributed by atoms with Crippen LogP contribution in [-0.4, -0.2) is 43.0 Å². The molecule has 0 unspecified atom stereocenters. The molecule has 2 aliphatic heterocycles. The van der Waals surface area contributed by atoms with E-state index in [-0.39, 0.29) is 23.8 Å². The molecular formula is C21H20N2O6S. The average molecular weight is 428 g/mol. The fourth-order valence-corrected chi connectivity index (χ4v) is 5.24. The van der Waals surface area contributed by atoms with Crippen LogP contribution in [0.25, 0.3) is 0 Å². The number of thioether (sulfide) groups is 1. The summed E-state index contributed by atoms with van der Waals surface area (Å²) in [5.41, 5.74) is -0.532. The Morgan fingerprint density at radius 1 is 1.27 bits per heavy atom. The molecule has 0 aliphatic carbocycles. The van der Waals surface area contributed by atoms with E-state index in [0.717, 1.165) is 0 Å². The van der Waals surface area contributed by atoms with Crippen molar-refractivity contribution in [3.63, 3.8) is 0 Å². The maximum absolute atomic E-state index is 13.1. The van der Waals surface area contributed by atoms with Crippen LogP contribution in [0.2, 0.25) is 0 Å². The van der Waals surface area contributed by atoms with Crippen LogP contribution in [-0.2, 0) is 10.5 Å². The molecule has 8 nitrogen and oxygen atoms in total. The minimum absolute atomic E-state index is 0.00854. The Bertz CT molecular complexity index is 1030. The zero-order chi connectivity index (χ0) is 21.5. The van der Waals surface area contributed by atoms with Crippen molar-refractivity contribution in [1.82, 2.24) is 4.90 Å². The second-order valence-corrected chi connectivity index (χ2v) is 7.82. The fraction of sp³-hybridized carbons (Fsp3) is 0.333. The molecule has 9 heteroatoms. The van der Waals surface area contributed by atoms with Crippen molar-refractivity contribution in [3.05, 3.63) is 52.5 Å². The molecule has 4 rings (SSSR count). The lowest BCUT2D eigenvalue weighted by atomic mass is 9.85. The number of allylic oxidation sites excluding steroid dienone is 1. The van der Waals surface area contributed by atoms with Crippen LogP contribution in [0.1, 0.15) is 23.7 Å². The van der Waals surface area contributed by atoms with Gasteiger partial charge in [0.25, 0.3) is 0 Å². The maximum atomic E-state index is 13.1. The molecule has 1 aromatic carbocycles. The Labute approximate surface area is 177 Å². The minimum atomic E-state index is -1.62. The minimum Gasteiger partial charge on any atom is -0.493 e. The highest BCUT2D eigenvalue weighted by Gasteiger charge is 2.53. The normalized spacial score (nSPS) is 23.2. The SMILES string of the molecule is COc1cc([C@@H]2CC(=O)N3C(=C2C#N)SC[C@@]3(O)c2ccco2)cc(OC)c1OC. The van der Waals surface area contributed by atoms with Crippen LogP contribution < -0.4 is 14.2 Å². The molecule has 1 fully saturated rings. The fourth-order valence-electron chi connectivity index (χ4n) is 3.90. The lowest BCUT2D eigenvalue weighted by molar-refractivity contribution is -0.152. The van der Waals surface area contributed by atoms with Crippen molar-refractivity contribution in [2.45, 2.75) is 18.1 Å². The van der Waals surface area contributed by atoms with E-state index >= 15 is 0 Å². The Morgan fingerprint density at radius 2 is 1.97 bits per heavy atom. The molecule has 0 radical (unpaired) electrons. The predicted octanol–water partition coefficient (Wildman–Crippen LogP) is 2.95. The van der Waals surface area contributed by atoms with Crippen molar-refractivity contribution >= 4 is 17.7 Å². The molecule has 0 spiro atoms. The first-order valence-corrected chi connectivity index (χ1v) is 10.1. The molecule has 156 valence electrons. The number of aliphatic hydroxyl groups is 1. The maximum Gasteiger partial charge on any atom is 0.231 e. The third-order valence-corrected chi connectivity index (χ3v) is 6.54. The monoisotopic (exact) mass is 428 g/mol. The summed E-state index contributed by atoms with van der Waals surface area (Å²) >= 11 is 1.26. The highest BCUT2D eigenvalue weighted by Crippen LogP contribution is 2.52. The summed E-state index contributed by atoms with van der Waals surface area (Å²) in [7, 11) is 4.53. The molecule has 0 saturated carbocycles. The van der Waals surface area contributed by atoms with Gasteiger partial charge in [-0.1, -0.05) is 0 Å². The molecular weight excluding hydrogens is 408 g/mol. The molecule has 3 heterocycles. The first kappa shape index (κ1) is 20.2. The summed E-state index contributed by atoms with van der Waals surface area (Å²) in [6, 6.07) is 8.99. The van der Waals surface area contributed by atoms with E-state index in [1.165, 1.54) is 44.3 Å². The predicted molar refractivity (Wildman–Crippen MR) is 108 cm³/mol. The van der Waals surface area contributed by atoms with E-state index in [0.29, 0.717) is 33.4 Å². The summed E-state index contributed by atoms with van der Waals surface area (Å²) in [5.74, 6) is 0.947. The van der Waals surface area contributed by atoms with Crippen molar-refractivity contribution in [3.8, 4) is 23.3 Å². The molecule has 0 bridgehead atoms. The van der Waals surface area contributed by atoms with Gasteiger partial charge >= 0.3 is 0 Å². The number of ether oxygens (including phenoxy) is 3. The van der Waals surface area contributed by atoms with E-state index < -0.39 is 11.6 Å². The number of carbonyl (C=O) groups excluding carboxylic acids is 1. The van der Waals surface area contributed by atoms with E-state index in [1.807, 2.05) is 0 Å². The van der Waals surface area contributed by atoms with Gasteiger partial charge in [-0.2, -0.15) is 5.26 Å². The van der Waals surface area contributed by atoms with Gasteiger partial charge in [0.15, 0.2) is 17.3 Å². The van der Waals surface area contributed by atoms with Gasteiger partial charge in [0.1, 0.15) is 0 Å². The molecule has 1 saturated heterocycles. The zero-order valence-electron chi connectivity index (χ0n) is 16.7. The number of nitriles is 1. The second-order valence-electron chi connectivity index (χ2n) is 6.86. The second kappa shape index (κ2) is 7.63. The Morgan fingerprint density at radius 3 is 2.50 bits per heavy atom. The third-order valence-electron chi connectivity index (χ3n) is 5.32. The van der Waals surface area contributed by atoms with Crippen LogP contribution in [0.15, 0.2) is 45.5 Å². The summed E-state index contributed by atoms with van der Waals surface area (Å²) in [4.78, 5) is 14.4. The van der Waals surface area contributed by atoms with Crippen molar-refractivity contribution < 1.29 is 28.5 Å². The number of hydrogen-bond acceptors (Lipinski definition) is 8. The van der Waals surface area contributed by atoms with Gasteiger partial charge in [-0.15, -0.1) is 11.8 Å². The Balaban J connectivity index is 1.83. The van der Waals surface area contributed by atoms with Crippen LogP contribution in [0.5, 0.6) is 17.2 Å². The van der Waals surface area contributed by atoms with E-state index in [1.54, 1.807) is 24.3 Å². The van der Waals surface area contributed by atoms with Gasteiger partial charge in [0.05, 0.1) is 50.0 Å². The van der Waals surface area contributed by atoms with E-state index in [2.05, 4.69) is 6.07 Å². The smallest absolute Gasteiger partial charge is 0.231 e. The molecule has 2 atom stereocenters. The van der Waals surface area contributed by atoms with Crippen LogP contribution in [0, 0.1) is 11.3 Å². The Kier molecular flexibility index (Phi) is 5.13. The molecule has 2 aliphatic rings. The van der Waals surface area contributed by atoms with Crippen LogP contribution >= 0.6 is 11.8 Å². The Hall–Kier alpha value is -3.09. The van der Waals surface area contributed by atoms with Crippen molar-refractivity contribution in [2.24, 2.45) is 0 Å². The highest BCUT2D eigenvalue weighted by atomic mass is 32.2. The van der Waals surface area contributed by atoms with Gasteiger partial charge in [-0.05, 0) is 29.8 Å². The lowest BCUT2D eigenvalue weighted by Gasteiger charge is -2.36.